The minimum absolute atomic E-state index is 0.0319. The number of hydrogen-bond acceptors (Lipinski definition) is 5. The second-order valence-corrected chi connectivity index (χ2v) is 12.2. The fraction of sp³-hybridized carbons (Fsp3) is 0.923. The molecule has 4 rings (SSSR count). The van der Waals surface area contributed by atoms with Crippen molar-refractivity contribution in [1.29, 1.82) is 0 Å². The predicted molar refractivity (Wildman–Crippen MR) is 123 cm³/mol. The number of carboxylic acids is 1. The summed E-state index contributed by atoms with van der Waals surface area (Å²) in [6.45, 7) is 6.53. The second kappa shape index (κ2) is 9.12. The number of amides is 1. The van der Waals surface area contributed by atoms with E-state index in [1.165, 1.54) is 0 Å². The van der Waals surface area contributed by atoms with E-state index < -0.39 is 18.2 Å². The third-order valence-electron chi connectivity index (χ3n) is 10.7. The lowest BCUT2D eigenvalue weighted by Gasteiger charge is -2.63. The van der Waals surface area contributed by atoms with E-state index in [1.807, 2.05) is 0 Å². The minimum atomic E-state index is -1.03. The van der Waals surface area contributed by atoms with Gasteiger partial charge < -0.3 is 25.7 Å². The molecule has 4 saturated carbocycles. The van der Waals surface area contributed by atoms with Gasteiger partial charge in [-0.2, -0.15) is 0 Å². The third kappa shape index (κ3) is 4.23. The Morgan fingerprint density at radius 3 is 2.30 bits per heavy atom. The number of carbonyl (C=O) groups is 2. The molecular formula is C26H43NO6. The van der Waals surface area contributed by atoms with Crippen LogP contribution in [0, 0.1) is 46.3 Å². The van der Waals surface area contributed by atoms with Crippen molar-refractivity contribution < 1.29 is 30.0 Å². The van der Waals surface area contributed by atoms with Crippen LogP contribution in [0.1, 0.15) is 78.6 Å². The molecule has 0 aliphatic heterocycles. The zero-order chi connectivity index (χ0) is 24.1. The van der Waals surface area contributed by atoms with Crippen molar-refractivity contribution in [3.63, 3.8) is 0 Å². The summed E-state index contributed by atoms with van der Waals surface area (Å²) in [5.41, 5.74) is 0.0476. The lowest BCUT2D eigenvalue weighted by molar-refractivity contribution is -0.223. The first-order valence-electron chi connectivity index (χ1n) is 13.0. The molecule has 0 aromatic heterocycles. The molecule has 0 heterocycles. The summed E-state index contributed by atoms with van der Waals surface area (Å²) < 4.78 is 0. The van der Waals surface area contributed by atoms with Crippen LogP contribution >= 0.6 is 0 Å². The Morgan fingerprint density at radius 1 is 0.939 bits per heavy atom. The van der Waals surface area contributed by atoms with E-state index >= 15 is 0 Å². The van der Waals surface area contributed by atoms with E-state index in [-0.39, 0.29) is 41.2 Å². The molecule has 188 valence electrons. The van der Waals surface area contributed by atoms with Gasteiger partial charge in [-0.3, -0.25) is 9.59 Å². The van der Waals surface area contributed by atoms with Crippen LogP contribution < -0.4 is 5.32 Å². The van der Waals surface area contributed by atoms with E-state index in [1.54, 1.807) is 0 Å². The molecule has 33 heavy (non-hydrogen) atoms. The number of aliphatic hydroxyl groups is 3. The van der Waals surface area contributed by atoms with Crippen molar-refractivity contribution >= 4 is 11.9 Å². The van der Waals surface area contributed by atoms with Crippen LogP contribution in [0.15, 0.2) is 0 Å². The van der Waals surface area contributed by atoms with Gasteiger partial charge in [-0.15, -0.1) is 0 Å². The fourth-order valence-corrected chi connectivity index (χ4v) is 9.04. The number of fused-ring (bicyclic) bond motifs is 5. The van der Waals surface area contributed by atoms with Gasteiger partial charge >= 0.3 is 5.97 Å². The van der Waals surface area contributed by atoms with E-state index in [9.17, 15) is 24.9 Å². The van der Waals surface area contributed by atoms with Gasteiger partial charge in [0.05, 0.1) is 18.3 Å². The zero-order valence-electron chi connectivity index (χ0n) is 20.4. The lowest BCUT2D eigenvalue weighted by atomic mass is 9.43. The van der Waals surface area contributed by atoms with Crippen LogP contribution in [0.25, 0.3) is 0 Å². The Bertz CT molecular complexity index is 759. The van der Waals surface area contributed by atoms with Crippen molar-refractivity contribution in [3.8, 4) is 0 Å². The second-order valence-electron chi connectivity index (χ2n) is 12.2. The molecule has 4 fully saturated rings. The standard InChI is InChI=1S/C26H43NO6/c1-14(4-7-20(29)27-13-21(30)31)16-5-6-17-22-18(9-11-25(16,17)2)26(3)10-8-15(28)12-19(26)23(32)24(22)33/h14-19,22-24,28,32-33H,4-13H2,1-3H3,(H,27,29)(H,30,31)/t14-,15-,16?,17?,18?,19+,22?,23+,24?,25-,26-/m1/s1. The molecule has 1 amide bonds. The topological polar surface area (TPSA) is 127 Å². The number of hydrogen-bond donors (Lipinski definition) is 5. The lowest BCUT2D eigenvalue weighted by Crippen LogP contribution is -2.64. The van der Waals surface area contributed by atoms with Crippen molar-refractivity contribution in [3.05, 3.63) is 0 Å². The van der Waals surface area contributed by atoms with Gasteiger partial charge in [-0.25, -0.2) is 0 Å². The Morgan fingerprint density at radius 2 is 1.61 bits per heavy atom. The van der Waals surface area contributed by atoms with Crippen molar-refractivity contribution in [1.82, 2.24) is 5.32 Å². The summed E-state index contributed by atoms with van der Waals surface area (Å²) in [5.74, 6) is 0.340. The molecular weight excluding hydrogens is 422 g/mol. The molecule has 11 atom stereocenters. The smallest absolute Gasteiger partial charge is 0.322 e. The molecule has 0 saturated heterocycles. The molecule has 0 radical (unpaired) electrons. The van der Waals surface area contributed by atoms with Crippen molar-refractivity contribution in [2.75, 3.05) is 6.54 Å². The van der Waals surface area contributed by atoms with E-state index in [4.69, 9.17) is 5.11 Å². The summed E-state index contributed by atoms with van der Waals surface area (Å²) in [5, 5.41) is 44.0. The van der Waals surface area contributed by atoms with Gasteiger partial charge in [-0.05, 0) is 97.7 Å². The summed E-state index contributed by atoms with van der Waals surface area (Å²) in [6.07, 6.45) is 5.74. The van der Waals surface area contributed by atoms with E-state index in [0.717, 1.165) is 44.9 Å². The quantitative estimate of drug-likeness (QED) is 0.410. The highest BCUT2D eigenvalue weighted by atomic mass is 16.4. The third-order valence-corrected chi connectivity index (χ3v) is 10.7. The Hall–Kier alpha value is -1.18. The van der Waals surface area contributed by atoms with Gasteiger partial charge in [0, 0.05) is 6.42 Å². The van der Waals surface area contributed by atoms with Crippen LogP contribution in [0.5, 0.6) is 0 Å². The van der Waals surface area contributed by atoms with Gasteiger partial charge in [0.25, 0.3) is 0 Å². The minimum Gasteiger partial charge on any atom is -0.480 e. The number of carboxylic acid groups (broad SMARTS) is 1. The first-order chi connectivity index (χ1) is 15.5. The summed E-state index contributed by atoms with van der Waals surface area (Å²) in [6, 6.07) is 0. The number of carbonyl (C=O) groups excluding carboxylic acids is 1. The molecule has 7 nitrogen and oxygen atoms in total. The normalized spacial score (nSPS) is 47.7. The first kappa shape index (κ1) is 24.9. The average molecular weight is 466 g/mol. The van der Waals surface area contributed by atoms with Crippen LogP contribution in [0.2, 0.25) is 0 Å². The summed E-state index contributed by atoms with van der Waals surface area (Å²) in [4.78, 5) is 22.7. The molecule has 7 heteroatoms. The number of aliphatic carboxylic acids is 1. The zero-order valence-corrected chi connectivity index (χ0v) is 20.4. The number of rotatable bonds is 6. The molecule has 0 spiro atoms. The predicted octanol–water partition coefficient (Wildman–Crippen LogP) is 2.56. The van der Waals surface area contributed by atoms with Gasteiger partial charge in [0.2, 0.25) is 5.91 Å². The van der Waals surface area contributed by atoms with Crippen LogP contribution in [-0.2, 0) is 9.59 Å². The highest BCUT2D eigenvalue weighted by Gasteiger charge is 2.65. The molecule has 0 aromatic carbocycles. The SMILES string of the molecule is C[C@H](CCC(=O)NCC(=O)O)C1CCC2C3C(O)[C@@H](O)[C@@H]4C[C@H](O)CC[C@]4(C)C3CC[C@@]21C. The van der Waals surface area contributed by atoms with Gasteiger partial charge in [0.15, 0.2) is 0 Å². The maximum Gasteiger partial charge on any atom is 0.322 e. The van der Waals surface area contributed by atoms with Gasteiger partial charge in [-0.1, -0.05) is 20.8 Å². The maximum absolute atomic E-state index is 12.0. The molecule has 5 N–H and O–H groups in total. The highest BCUT2D eigenvalue weighted by Crippen LogP contribution is 2.68. The first-order valence-corrected chi connectivity index (χ1v) is 13.0. The summed E-state index contributed by atoms with van der Waals surface area (Å²) in [7, 11) is 0. The van der Waals surface area contributed by atoms with Crippen LogP contribution in [0.4, 0.5) is 0 Å². The van der Waals surface area contributed by atoms with Crippen molar-refractivity contribution in [2.24, 2.45) is 46.3 Å². The molecule has 0 bridgehead atoms. The largest absolute Gasteiger partial charge is 0.480 e. The molecule has 4 aliphatic carbocycles. The van der Waals surface area contributed by atoms with Crippen molar-refractivity contribution in [2.45, 2.75) is 96.9 Å². The number of aliphatic hydroxyl groups excluding tert-OH is 3. The monoisotopic (exact) mass is 465 g/mol. The Labute approximate surface area is 197 Å². The summed E-state index contributed by atoms with van der Waals surface area (Å²) >= 11 is 0. The average Bonchev–Trinajstić information content (AvgIpc) is 3.12. The molecule has 5 unspecified atom stereocenters. The van der Waals surface area contributed by atoms with Crippen LogP contribution in [-0.4, -0.2) is 57.2 Å². The van der Waals surface area contributed by atoms with E-state index in [0.29, 0.717) is 36.5 Å². The maximum atomic E-state index is 12.0. The fourth-order valence-electron chi connectivity index (χ4n) is 9.04. The van der Waals surface area contributed by atoms with Gasteiger partial charge in [0.1, 0.15) is 6.54 Å². The Kier molecular flexibility index (Phi) is 6.89. The van der Waals surface area contributed by atoms with Crippen LogP contribution in [0.3, 0.4) is 0 Å². The van der Waals surface area contributed by atoms with E-state index in [2.05, 4.69) is 26.1 Å². The Balaban J connectivity index is 1.47. The molecule has 0 aromatic rings. The molecule has 4 aliphatic rings. The highest BCUT2D eigenvalue weighted by molar-refractivity contribution is 5.81. The number of nitrogens with one attached hydrogen (secondary N) is 1.